The summed E-state index contributed by atoms with van der Waals surface area (Å²) in [6.07, 6.45) is 1.50. The highest BCUT2D eigenvalue weighted by Gasteiger charge is 2.17. The third-order valence-electron chi connectivity index (χ3n) is 4.83. The van der Waals surface area contributed by atoms with Crippen LogP contribution in [0.5, 0.6) is 0 Å². The molecule has 31 heavy (non-hydrogen) atoms. The first-order chi connectivity index (χ1) is 14.9. The third-order valence-corrected chi connectivity index (χ3v) is 5.10. The lowest BCUT2D eigenvalue weighted by Gasteiger charge is -2.17. The molecule has 0 saturated heterocycles. The van der Waals surface area contributed by atoms with Gasteiger partial charge in [0.15, 0.2) is 0 Å². The molecule has 0 fully saturated rings. The van der Waals surface area contributed by atoms with Crippen LogP contribution in [-0.2, 0) is 0 Å². The van der Waals surface area contributed by atoms with Gasteiger partial charge in [-0.15, -0.1) is 0 Å². The summed E-state index contributed by atoms with van der Waals surface area (Å²) in [7, 11) is 0. The van der Waals surface area contributed by atoms with Crippen molar-refractivity contribution in [1.82, 2.24) is 15.3 Å². The molecule has 2 atom stereocenters. The first-order valence-electron chi connectivity index (χ1n) is 9.90. The molecule has 7 nitrogen and oxygen atoms in total. The molecule has 0 unspecified atom stereocenters. The van der Waals surface area contributed by atoms with Gasteiger partial charge in [0, 0.05) is 17.2 Å². The molecular formula is C23H25ClN4O3. The second-order valence-corrected chi connectivity index (χ2v) is 7.67. The molecule has 3 rings (SSSR count). The number of amides is 1. The zero-order chi connectivity index (χ0) is 22.4. The molecule has 3 aromatic rings. The summed E-state index contributed by atoms with van der Waals surface area (Å²) in [5.41, 5.74) is 3.41. The third kappa shape index (κ3) is 5.58. The van der Waals surface area contributed by atoms with E-state index in [0.717, 1.165) is 16.7 Å². The van der Waals surface area contributed by atoms with Crippen LogP contribution >= 0.6 is 11.6 Å². The number of aliphatic hydroxyl groups is 2. The van der Waals surface area contributed by atoms with E-state index in [1.54, 1.807) is 18.2 Å². The Hall–Kier alpha value is -3.00. The highest BCUT2D eigenvalue weighted by Crippen LogP contribution is 2.29. The fraction of sp³-hybridized carbons (Fsp3) is 0.261. The van der Waals surface area contributed by atoms with E-state index in [9.17, 15) is 15.0 Å². The number of halogens is 1. The Morgan fingerprint density at radius 2 is 1.87 bits per heavy atom. The number of hydrogen-bond acceptors (Lipinski definition) is 6. The Labute approximate surface area is 186 Å². The van der Waals surface area contributed by atoms with Crippen LogP contribution in [0.25, 0.3) is 11.3 Å². The summed E-state index contributed by atoms with van der Waals surface area (Å²) < 4.78 is 0. The van der Waals surface area contributed by atoms with Gasteiger partial charge < -0.3 is 20.8 Å². The molecule has 1 amide bonds. The Morgan fingerprint density at radius 1 is 1.13 bits per heavy atom. The largest absolute Gasteiger partial charge is 0.394 e. The summed E-state index contributed by atoms with van der Waals surface area (Å²) >= 11 is 6.32. The second-order valence-electron chi connectivity index (χ2n) is 7.27. The van der Waals surface area contributed by atoms with E-state index in [4.69, 9.17) is 11.6 Å². The molecule has 1 aromatic heterocycles. The second kappa shape index (κ2) is 10.3. The van der Waals surface area contributed by atoms with Gasteiger partial charge in [0.05, 0.1) is 36.2 Å². The maximum atomic E-state index is 12.8. The van der Waals surface area contributed by atoms with Gasteiger partial charge in [-0.05, 0) is 37.1 Å². The Kier molecular flexibility index (Phi) is 7.57. The topological polar surface area (TPSA) is 107 Å². The number of nitrogens with zero attached hydrogens (tertiary/aromatic N) is 2. The molecule has 0 bridgehead atoms. The summed E-state index contributed by atoms with van der Waals surface area (Å²) in [5.74, 6) is 0.0706. The van der Waals surface area contributed by atoms with Gasteiger partial charge >= 0.3 is 0 Å². The van der Waals surface area contributed by atoms with Crippen molar-refractivity contribution >= 4 is 23.5 Å². The van der Waals surface area contributed by atoms with Crippen LogP contribution in [0.1, 0.15) is 34.5 Å². The summed E-state index contributed by atoms with van der Waals surface area (Å²) in [4.78, 5) is 21.4. The molecule has 0 spiro atoms. The Morgan fingerprint density at radius 3 is 2.52 bits per heavy atom. The van der Waals surface area contributed by atoms with Crippen LogP contribution in [-0.4, -0.2) is 45.3 Å². The predicted molar refractivity (Wildman–Crippen MR) is 121 cm³/mol. The van der Waals surface area contributed by atoms with Gasteiger partial charge in [-0.2, -0.15) is 0 Å². The molecule has 8 heteroatoms. The summed E-state index contributed by atoms with van der Waals surface area (Å²) in [5, 5.41) is 25.2. The average Bonchev–Trinajstić information content (AvgIpc) is 2.79. The number of anilines is 1. The molecule has 0 aliphatic rings. The van der Waals surface area contributed by atoms with Crippen molar-refractivity contribution in [2.75, 3.05) is 18.5 Å². The van der Waals surface area contributed by atoms with Crippen molar-refractivity contribution in [3.63, 3.8) is 0 Å². The van der Waals surface area contributed by atoms with Crippen molar-refractivity contribution in [3.8, 4) is 11.3 Å². The van der Waals surface area contributed by atoms with E-state index >= 15 is 0 Å². The monoisotopic (exact) mass is 440 g/mol. The number of aromatic nitrogens is 2. The van der Waals surface area contributed by atoms with Crippen molar-refractivity contribution in [2.24, 2.45) is 0 Å². The van der Waals surface area contributed by atoms with Gasteiger partial charge in [0.25, 0.3) is 5.91 Å². The molecule has 1 heterocycles. The van der Waals surface area contributed by atoms with Crippen LogP contribution in [0.15, 0.2) is 54.7 Å². The molecule has 2 aromatic carbocycles. The summed E-state index contributed by atoms with van der Waals surface area (Å²) in [6, 6.07) is 13.9. The normalized spacial score (nSPS) is 12.8. The highest BCUT2D eigenvalue weighted by atomic mass is 35.5. The first kappa shape index (κ1) is 22.7. The lowest BCUT2D eigenvalue weighted by Crippen LogP contribution is -2.30. The van der Waals surface area contributed by atoms with Gasteiger partial charge in [0.1, 0.15) is 0 Å². The molecule has 4 N–H and O–H groups in total. The van der Waals surface area contributed by atoms with Crippen molar-refractivity contribution < 1.29 is 15.0 Å². The van der Waals surface area contributed by atoms with E-state index < -0.39 is 6.04 Å². The maximum absolute atomic E-state index is 12.8. The van der Waals surface area contributed by atoms with Gasteiger partial charge in [-0.25, -0.2) is 9.97 Å². The number of benzene rings is 2. The number of carbonyl (C=O) groups is 1. The van der Waals surface area contributed by atoms with Crippen molar-refractivity contribution in [3.05, 3.63) is 76.4 Å². The van der Waals surface area contributed by atoms with Crippen LogP contribution < -0.4 is 10.6 Å². The Balaban J connectivity index is 1.83. The minimum Gasteiger partial charge on any atom is -0.394 e. The lowest BCUT2D eigenvalue weighted by molar-refractivity contribution is 0.0916. The molecular weight excluding hydrogens is 416 g/mol. The first-order valence-corrected chi connectivity index (χ1v) is 10.3. The molecule has 0 aliphatic carbocycles. The van der Waals surface area contributed by atoms with E-state index in [2.05, 4.69) is 20.6 Å². The van der Waals surface area contributed by atoms with E-state index in [1.807, 2.05) is 44.2 Å². The number of aliphatic hydroxyl groups excluding tert-OH is 2. The quantitative estimate of drug-likeness (QED) is 0.428. The van der Waals surface area contributed by atoms with Gasteiger partial charge in [0.2, 0.25) is 5.95 Å². The number of aryl methyl sites for hydroxylation is 1. The average molecular weight is 441 g/mol. The zero-order valence-electron chi connectivity index (χ0n) is 17.3. The van der Waals surface area contributed by atoms with Crippen LogP contribution in [0.2, 0.25) is 5.02 Å². The molecule has 162 valence electrons. The number of carbonyl (C=O) groups excluding carboxylic acids is 1. The van der Waals surface area contributed by atoms with Crippen LogP contribution in [0, 0.1) is 6.92 Å². The SMILES string of the molecule is Cc1cc(C(=O)N[C@H](CO)c2ccccc2)ccc1-c1nc(N[C@@H](C)CO)ncc1Cl. The molecule has 0 radical (unpaired) electrons. The predicted octanol–water partition coefficient (Wildman–Crippen LogP) is 3.36. The van der Waals surface area contributed by atoms with E-state index in [1.165, 1.54) is 6.20 Å². The number of hydrogen-bond donors (Lipinski definition) is 4. The lowest BCUT2D eigenvalue weighted by atomic mass is 10.0. The van der Waals surface area contributed by atoms with Gasteiger partial charge in [-0.1, -0.05) is 48.0 Å². The summed E-state index contributed by atoms with van der Waals surface area (Å²) in [6.45, 7) is 3.42. The fourth-order valence-corrected chi connectivity index (χ4v) is 3.32. The van der Waals surface area contributed by atoms with E-state index in [-0.39, 0.29) is 25.2 Å². The van der Waals surface area contributed by atoms with Crippen LogP contribution in [0.3, 0.4) is 0 Å². The number of rotatable bonds is 8. The minimum absolute atomic E-state index is 0.0536. The highest BCUT2D eigenvalue weighted by molar-refractivity contribution is 6.33. The zero-order valence-corrected chi connectivity index (χ0v) is 18.1. The van der Waals surface area contributed by atoms with E-state index in [0.29, 0.717) is 22.2 Å². The Bertz CT molecular complexity index is 1050. The standard InChI is InChI=1S/C23H25ClN4O3/c1-14-10-17(22(31)27-20(13-30)16-6-4-3-5-7-16)8-9-18(14)21-19(24)11-25-23(28-21)26-15(2)12-29/h3-11,15,20,29-30H,12-13H2,1-2H3,(H,27,31)(H,25,26,28)/t15-,20+/m0/s1. The van der Waals surface area contributed by atoms with Crippen molar-refractivity contribution in [1.29, 1.82) is 0 Å². The molecule has 0 aliphatic heterocycles. The van der Waals surface area contributed by atoms with Crippen LogP contribution in [0.4, 0.5) is 5.95 Å². The van der Waals surface area contributed by atoms with Gasteiger partial charge in [-0.3, -0.25) is 4.79 Å². The minimum atomic E-state index is -0.493. The smallest absolute Gasteiger partial charge is 0.251 e. The maximum Gasteiger partial charge on any atom is 0.251 e. The fourth-order valence-electron chi connectivity index (χ4n) is 3.12. The number of nitrogens with one attached hydrogen (secondary N) is 2. The molecule has 0 saturated carbocycles. The van der Waals surface area contributed by atoms with Crippen molar-refractivity contribution in [2.45, 2.75) is 25.9 Å².